The summed E-state index contributed by atoms with van der Waals surface area (Å²) in [7, 11) is 0. The second-order valence-corrected chi connectivity index (χ2v) is 6.48. The molecule has 9 heteroatoms. The van der Waals surface area contributed by atoms with Gasteiger partial charge in [0.15, 0.2) is 26.2 Å². The Bertz CT molecular complexity index is 283. The molecule has 19 heavy (non-hydrogen) atoms. The maximum Gasteiger partial charge on any atom is 2.00 e. The maximum absolute atomic E-state index is 5.14. The van der Waals surface area contributed by atoms with E-state index in [1.54, 1.807) is 0 Å². The Hall–Kier alpha value is 1.18. The number of thiol groups is 2. The Morgan fingerprint density at radius 3 is 1.16 bits per heavy atom. The van der Waals surface area contributed by atoms with E-state index < -0.39 is 0 Å². The molecule has 0 saturated carbocycles. The van der Waals surface area contributed by atoms with Crippen molar-refractivity contribution in [2.75, 3.05) is 52.6 Å². The van der Waals surface area contributed by atoms with Gasteiger partial charge in [-0.2, -0.15) is 9.15 Å². The maximum atomic E-state index is 5.14. The van der Waals surface area contributed by atoms with Crippen LogP contribution in [0.4, 0.5) is 0 Å². The van der Waals surface area contributed by atoms with E-state index in [-0.39, 0.29) is 17.1 Å². The summed E-state index contributed by atoms with van der Waals surface area (Å²) in [6.07, 6.45) is 0. The van der Waals surface area contributed by atoms with Crippen molar-refractivity contribution >= 4 is 59.3 Å². The minimum Gasteiger partial charge on any atom is -0.368 e. The quantitative estimate of drug-likeness (QED) is 0.175. The molecule has 2 saturated heterocycles. The van der Waals surface area contributed by atoms with Crippen LogP contribution in [0.15, 0.2) is 0 Å². The summed E-state index contributed by atoms with van der Waals surface area (Å²) in [6, 6.07) is 0. The van der Waals surface area contributed by atoms with E-state index in [2.05, 4.69) is 59.7 Å². The van der Waals surface area contributed by atoms with Crippen molar-refractivity contribution in [3.63, 3.8) is 0 Å². The van der Waals surface area contributed by atoms with Gasteiger partial charge < -0.3 is 9.47 Å². The molecule has 2 aliphatic heterocycles. The van der Waals surface area contributed by atoms with Gasteiger partial charge in [0.25, 0.3) is 0 Å². The first-order valence-electron chi connectivity index (χ1n) is 5.81. The van der Waals surface area contributed by atoms with Gasteiger partial charge in [-0.1, -0.05) is 0 Å². The van der Waals surface area contributed by atoms with Crippen molar-refractivity contribution in [2.45, 2.75) is 0 Å². The summed E-state index contributed by atoms with van der Waals surface area (Å²) in [5.41, 5.74) is 0. The largest absolute Gasteiger partial charge is 2.00 e. The predicted octanol–water partition coefficient (Wildman–Crippen LogP) is -1.35. The summed E-state index contributed by atoms with van der Waals surface area (Å²) in [5, 5.41) is 0. The van der Waals surface area contributed by atoms with E-state index in [0.29, 0.717) is 0 Å². The molecule has 0 aromatic carbocycles. The van der Waals surface area contributed by atoms with Crippen molar-refractivity contribution in [2.24, 2.45) is 0 Å². The molecule has 0 N–H and O–H groups in total. The molecular weight excluding hydrogens is 372 g/mol. The molecule has 0 bridgehead atoms. The fourth-order valence-electron chi connectivity index (χ4n) is 1.55. The summed E-state index contributed by atoms with van der Waals surface area (Å²) < 4.78 is 16.3. The van der Waals surface area contributed by atoms with Crippen LogP contribution >= 0.6 is 25.3 Å². The fourth-order valence-corrected chi connectivity index (χ4v) is 2.40. The fraction of sp³-hybridized carbons (Fsp3) is 0.800. The Morgan fingerprint density at radius 2 is 1.00 bits per heavy atom. The van der Waals surface area contributed by atoms with Gasteiger partial charge in [0.05, 0.1) is 25.3 Å². The van der Waals surface area contributed by atoms with Gasteiger partial charge in [-0.05, 0) is 25.3 Å². The van der Waals surface area contributed by atoms with Gasteiger partial charge in [-0.3, -0.25) is 0 Å². The van der Waals surface area contributed by atoms with Gasteiger partial charge in [-0.25, -0.2) is 0 Å². The number of ether oxygens (including phenoxy) is 2. The molecule has 1 radical (unpaired) electrons. The SMILES string of the molecule is SC([SH2+])=[N+]1CCOCC1.SC([SH2+])=[N+]1CCOCC1.[Cu+2]. The van der Waals surface area contributed by atoms with Gasteiger partial charge >= 0.3 is 25.8 Å². The second-order valence-electron chi connectivity index (χ2n) is 3.85. The molecular formula is C10H22CuN2O2S4+6. The van der Waals surface area contributed by atoms with E-state index in [9.17, 15) is 0 Å². The number of rotatable bonds is 0. The minimum atomic E-state index is 0. The third-order valence-corrected chi connectivity index (χ3v) is 3.82. The molecule has 4 nitrogen and oxygen atoms in total. The van der Waals surface area contributed by atoms with Crippen LogP contribution in [0.2, 0.25) is 0 Å². The van der Waals surface area contributed by atoms with Crippen molar-refractivity contribution in [3.05, 3.63) is 0 Å². The first kappa shape index (κ1) is 20.2. The van der Waals surface area contributed by atoms with Crippen LogP contribution in [0.25, 0.3) is 0 Å². The summed E-state index contributed by atoms with van der Waals surface area (Å²) >= 11 is 15.0. The number of hydrogen-bond donors (Lipinski definition) is 2. The Balaban J connectivity index is 0.000000324. The van der Waals surface area contributed by atoms with E-state index >= 15 is 0 Å². The minimum absolute atomic E-state index is 0. The molecule has 2 heterocycles. The molecule has 0 unspecified atom stereocenters. The van der Waals surface area contributed by atoms with Gasteiger partial charge in [0.2, 0.25) is 0 Å². The number of nitrogens with zero attached hydrogens (tertiary/aromatic N) is 2. The zero-order valence-electron chi connectivity index (χ0n) is 10.6. The van der Waals surface area contributed by atoms with Gasteiger partial charge in [0.1, 0.15) is 26.4 Å². The molecule has 0 aromatic rings. The second kappa shape index (κ2) is 11.8. The molecule has 113 valence electrons. The van der Waals surface area contributed by atoms with Gasteiger partial charge in [0, 0.05) is 0 Å². The zero-order valence-corrected chi connectivity index (χ0v) is 15.3. The smallest absolute Gasteiger partial charge is 0.368 e. The number of hydrogen-bond acceptors (Lipinski definition) is 2. The summed E-state index contributed by atoms with van der Waals surface area (Å²) in [6.45, 7) is 7.04. The van der Waals surface area contributed by atoms with Crippen molar-refractivity contribution < 1.29 is 35.7 Å². The molecule has 0 atom stereocenters. The van der Waals surface area contributed by atoms with Crippen LogP contribution in [0.1, 0.15) is 0 Å². The van der Waals surface area contributed by atoms with Crippen LogP contribution < -0.4 is 0 Å². The molecule has 0 spiro atoms. The zero-order chi connectivity index (χ0) is 13.4. The topological polar surface area (TPSA) is 24.5 Å². The van der Waals surface area contributed by atoms with E-state index in [4.69, 9.17) is 9.47 Å². The van der Waals surface area contributed by atoms with E-state index in [1.165, 1.54) is 0 Å². The van der Waals surface area contributed by atoms with Crippen LogP contribution in [-0.4, -0.2) is 70.5 Å². The molecule has 2 fully saturated rings. The van der Waals surface area contributed by atoms with Crippen LogP contribution in [0.5, 0.6) is 0 Å². The standard InChI is InChI=1S/2C5H9NOS2.Cu/c2*8-5(9)6-1-3-7-4-2-6;/h2*1-4H2,(H,8,9);/q;;+2/p+4. The average Bonchev–Trinajstić information content (AvgIpc) is 2.41. The average molecular weight is 394 g/mol. The molecule has 0 amide bonds. The van der Waals surface area contributed by atoms with Gasteiger partial charge in [-0.15, -0.1) is 0 Å². The molecule has 2 aliphatic rings. The normalized spacial score (nSPS) is 18.9. The van der Waals surface area contributed by atoms with Crippen LogP contribution in [0, 0.1) is 0 Å². The van der Waals surface area contributed by atoms with Crippen molar-refractivity contribution in [1.29, 1.82) is 0 Å². The molecule has 0 aliphatic carbocycles. The van der Waals surface area contributed by atoms with Crippen LogP contribution in [0.3, 0.4) is 0 Å². The van der Waals surface area contributed by atoms with E-state index in [0.717, 1.165) is 61.4 Å². The number of morpholine rings is 2. The summed E-state index contributed by atoms with van der Waals surface area (Å²) in [5.74, 6) is 0. The summed E-state index contributed by atoms with van der Waals surface area (Å²) in [4.78, 5) is 0. The van der Waals surface area contributed by atoms with Crippen molar-refractivity contribution in [1.82, 2.24) is 0 Å². The Morgan fingerprint density at radius 1 is 0.737 bits per heavy atom. The third-order valence-electron chi connectivity index (χ3n) is 2.62. The first-order chi connectivity index (χ1) is 8.61. The van der Waals surface area contributed by atoms with Crippen LogP contribution in [-0.2, 0) is 51.8 Å². The molecule has 2 rings (SSSR count). The third kappa shape index (κ3) is 8.93. The van der Waals surface area contributed by atoms with E-state index in [1.807, 2.05) is 0 Å². The predicted molar refractivity (Wildman–Crippen MR) is 89.9 cm³/mol. The molecule has 0 aromatic heterocycles. The monoisotopic (exact) mass is 393 g/mol. The Kier molecular flexibility index (Phi) is 12.5. The Labute approximate surface area is 147 Å². The van der Waals surface area contributed by atoms with Crippen molar-refractivity contribution in [3.8, 4) is 0 Å². The first-order valence-corrected chi connectivity index (χ1v) is 7.71.